The maximum Gasteiger partial charge on any atom is 0.266 e. The number of carbonyl (C=O) groups is 1. The van der Waals surface area contributed by atoms with Gasteiger partial charge < -0.3 is 14.0 Å². The maximum atomic E-state index is 13.4. The Morgan fingerprint density at radius 2 is 1.94 bits per heavy atom. The monoisotopic (exact) mass is 541 g/mol. The van der Waals surface area contributed by atoms with Crippen LogP contribution in [-0.4, -0.2) is 50.0 Å². The molecule has 0 bridgehead atoms. The molecule has 0 radical (unpaired) electrons. The van der Waals surface area contributed by atoms with E-state index in [1.54, 1.807) is 38.5 Å². The highest BCUT2D eigenvalue weighted by Crippen LogP contribution is 2.35. The zero-order valence-corrected chi connectivity index (χ0v) is 21.9. The van der Waals surface area contributed by atoms with Gasteiger partial charge in [-0.05, 0) is 37.1 Å². The number of benzene rings is 1. The molecular formula is C22H24ClN3O5S3. The van der Waals surface area contributed by atoms with E-state index in [9.17, 15) is 13.2 Å². The first kappa shape index (κ1) is 24.9. The van der Waals surface area contributed by atoms with Crippen LogP contribution < -0.4 is 14.3 Å². The molecule has 1 aliphatic heterocycles. The van der Waals surface area contributed by atoms with Gasteiger partial charge in [-0.1, -0.05) is 35.4 Å². The summed E-state index contributed by atoms with van der Waals surface area (Å²) in [5, 5.41) is 0. The number of halogens is 1. The average Bonchev–Trinajstić information content (AvgIpc) is 3.43. The molecule has 3 aromatic rings. The lowest BCUT2D eigenvalue weighted by atomic mass is 10.0. The van der Waals surface area contributed by atoms with E-state index in [0.717, 1.165) is 28.0 Å². The fourth-order valence-electron chi connectivity index (χ4n) is 4.00. The summed E-state index contributed by atoms with van der Waals surface area (Å²) in [5.74, 6) is 0.733. The molecule has 0 aliphatic carbocycles. The van der Waals surface area contributed by atoms with E-state index in [1.807, 2.05) is 4.57 Å². The third kappa shape index (κ3) is 4.55. The summed E-state index contributed by atoms with van der Waals surface area (Å²) in [4.78, 5) is 18.2. The number of sulfonamides is 1. The first-order valence-electron chi connectivity index (χ1n) is 10.5. The molecule has 2 aromatic heterocycles. The number of hydrogen-bond donors (Lipinski definition) is 0. The van der Waals surface area contributed by atoms with Crippen molar-refractivity contribution >= 4 is 60.4 Å². The molecule has 8 nitrogen and oxygen atoms in total. The minimum absolute atomic E-state index is 0.121. The number of amides is 1. The van der Waals surface area contributed by atoms with Crippen LogP contribution in [0.15, 0.2) is 46.1 Å². The third-order valence-electron chi connectivity index (χ3n) is 5.56. The van der Waals surface area contributed by atoms with Crippen molar-refractivity contribution in [2.45, 2.75) is 36.1 Å². The number of methoxy groups -OCH3 is 2. The topological polar surface area (TPSA) is 90.2 Å². The molecule has 4 rings (SSSR count). The van der Waals surface area contributed by atoms with E-state index in [4.69, 9.17) is 21.1 Å². The first-order chi connectivity index (χ1) is 16.3. The molecule has 34 heavy (non-hydrogen) atoms. The summed E-state index contributed by atoms with van der Waals surface area (Å²) in [6.45, 7) is 4.46. The Kier molecular flexibility index (Phi) is 7.48. The van der Waals surface area contributed by atoms with Crippen molar-refractivity contribution in [2.75, 3.05) is 20.8 Å². The number of hydrogen-bond acceptors (Lipinski definition) is 7. The van der Waals surface area contributed by atoms with E-state index in [0.29, 0.717) is 40.0 Å². The first-order valence-corrected chi connectivity index (χ1v) is 14.0. The lowest BCUT2D eigenvalue weighted by Gasteiger charge is -2.31. The Morgan fingerprint density at radius 3 is 2.59 bits per heavy atom. The van der Waals surface area contributed by atoms with Crippen molar-refractivity contribution in [3.05, 3.63) is 46.1 Å². The van der Waals surface area contributed by atoms with Crippen molar-refractivity contribution < 1.29 is 22.7 Å². The SMILES string of the molecule is C=CCn1c(=NC(=O)C2CCCCN2S(=O)(=O)c2ccc(Cl)s2)sc2c(OC)ccc(OC)c21. The Morgan fingerprint density at radius 1 is 1.21 bits per heavy atom. The van der Waals surface area contributed by atoms with E-state index < -0.39 is 22.0 Å². The standard InChI is InChI=1S/C22H24ClN3O5S3/c1-4-12-25-19-15(30-2)8-9-16(31-3)20(19)33-22(25)24-21(27)14-7-5-6-13-26(14)34(28,29)18-11-10-17(23)32-18/h4,8-11,14H,1,5-7,12-13H2,2-3H3. The lowest BCUT2D eigenvalue weighted by Crippen LogP contribution is -2.47. The molecule has 0 saturated carbocycles. The molecule has 3 heterocycles. The number of nitrogens with zero attached hydrogens (tertiary/aromatic N) is 3. The second-order valence-electron chi connectivity index (χ2n) is 7.57. The number of rotatable bonds is 7. The summed E-state index contributed by atoms with van der Waals surface area (Å²) in [6, 6.07) is 5.72. The van der Waals surface area contributed by atoms with E-state index >= 15 is 0 Å². The molecule has 1 unspecified atom stereocenters. The highest BCUT2D eigenvalue weighted by Gasteiger charge is 2.38. The highest BCUT2D eigenvalue weighted by molar-refractivity contribution is 7.91. The smallest absolute Gasteiger partial charge is 0.266 e. The number of carbonyl (C=O) groups excluding carboxylic acids is 1. The predicted molar refractivity (Wildman–Crippen MR) is 135 cm³/mol. The van der Waals surface area contributed by atoms with Crippen LogP contribution in [0.5, 0.6) is 11.5 Å². The fourth-order valence-corrected chi connectivity index (χ4v) is 8.41. The molecule has 12 heteroatoms. The van der Waals surface area contributed by atoms with Crippen LogP contribution in [0.25, 0.3) is 10.2 Å². The van der Waals surface area contributed by atoms with Gasteiger partial charge in [0.15, 0.2) is 4.80 Å². The summed E-state index contributed by atoms with van der Waals surface area (Å²) >= 11 is 8.23. The van der Waals surface area contributed by atoms with Crippen molar-refractivity contribution in [2.24, 2.45) is 4.99 Å². The normalized spacial score (nSPS) is 17.7. The van der Waals surface area contributed by atoms with Gasteiger partial charge in [-0.15, -0.1) is 17.9 Å². The van der Waals surface area contributed by atoms with Crippen LogP contribution in [0.4, 0.5) is 0 Å². The third-order valence-corrected chi connectivity index (χ3v) is 10.3. The minimum Gasteiger partial charge on any atom is -0.495 e. The van der Waals surface area contributed by atoms with Gasteiger partial charge in [0.1, 0.15) is 32.0 Å². The molecule has 1 amide bonds. The predicted octanol–water partition coefficient (Wildman–Crippen LogP) is 4.29. The van der Waals surface area contributed by atoms with Crippen LogP contribution in [0.1, 0.15) is 19.3 Å². The molecule has 1 aromatic carbocycles. The highest BCUT2D eigenvalue weighted by atomic mass is 35.5. The Balaban J connectivity index is 1.81. The molecule has 1 fully saturated rings. The number of thiazole rings is 1. The lowest BCUT2D eigenvalue weighted by molar-refractivity contribution is -0.122. The zero-order valence-electron chi connectivity index (χ0n) is 18.7. The number of fused-ring (bicyclic) bond motifs is 1. The Bertz CT molecular complexity index is 1410. The van der Waals surface area contributed by atoms with Crippen LogP contribution in [0.2, 0.25) is 4.34 Å². The van der Waals surface area contributed by atoms with Gasteiger partial charge in [0, 0.05) is 13.1 Å². The van der Waals surface area contributed by atoms with Crippen LogP contribution in [0, 0.1) is 0 Å². The maximum absolute atomic E-state index is 13.4. The van der Waals surface area contributed by atoms with Gasteiger partial charge in [0.25, 0.3) is 15.9 Å². The van der Waals surface area contributed by atoms with Crippen molar-refractivity contribution in [3.8, 4) is 11.5 Å². The van der Waals surface area contributed by atoms with Gasteiger partial charge in [0.2, 0.25) is 0 Å². The molecular weight excluding hydrogens is 518 g/mol. The van der Waals surface area contributed by atoms with Crippen LogP contribution >= 0.6 is 34.3 Å². The van der Waals surface area contributed by atoms with Gasteiger partial charge >= 0.3 is 0 Å². The van der Waals surface area contributed by atoms with Crippen LogP contribution in [0.3, 0.4) is 0 Å². The van der Waals surface area contributed by atoms with Crippen molar-refractivity contribution in [3.63, 3.8) is 0 Å². The fraction of sp³-hybridized carbons (Fsp3) is 0.364. The average molecular weight is 542 g/mol. The van der Waals surface area contributed by atoms with Gasteiger partial charge in [0.05, 0.1) is 18.6 Å². The summed E-state index contributed by atoms with van der Waals surface area (Å²) in [5.41, 5.74) is 0.736. The van der Waals surface area contributed by atoms with Crippen molar-refractivity contribution in [1.82, 2.24) is 8.87 Å². The number of aromatic nitrogens is 1. The summed E-state index contributed by atoms with van der Waals surface area (Å²) < 4.78 is 42.0. The van der Waals surface area contributed by atoms with E-state index in [1.165, 1.54) is 21.7 Å². The zero-order chi connectivity index (χ0) is 24.5. The summed E-state index contributed by atoms with van der Waals surface area (Å²) in [7, 11) is -0.725. The van der Waals surface area contributed by atoms with Crippen LogP contribution in [-0.2, 0) is 21.4 Å². The Hall–Kier alpha value is -2.18. The molecule has 182 valence electrons. The van der Waals surface area contributed by atoms with Gasteiger partial charge in [-0.3, -0.25) is 4.79 Å². The van der Waals surface area contributed by atoms with E-state index in [2.05, 4.69) is 11.6 Å². The molecule has 1 aliphatic rings. The second-order valence-corrected chi connectivity index (χ2v) is 12.4. The van der Waals surface area contributed by atoms with Gasteiger partial charge in [-0.25, -0.2) is 8.42 Å². The summed E-state index contributed by atoms with van der Waals surface area (Å²) in [6.07, 6.45) is 3.52. The largest absolute Gasteiger partial charge is 0.495 e. The van der Waals surface area contributed by atoms with Gasteiger partial charge in [-0.2, -0.15) is 9.30 Å². The Labute approximate surface area is 210 Å². The van der Waals surface area contributed by atoms with Crippen molar-refractivity contribution in [1.29, 1.82) is 0 Å². The quantitative estimate of drug-likeness (QED) is 0.416. The second kappa shape index (κ2) is 10.2. The molecule has 0 spiro atoms. The number of thiophene rings is 1. The number of piperidine rings is 1. The molecule has 0 N–H and O–H groups in total. The van der Waals surface area contributed by atoms with E-state index in [-0.39, 0.29) is 10.8 Å². The minimum atomic E-state index is -3.87. The molecule has 1 atom stereocenters. The number of allylic oxidation sites excluding steroid dienone is 1. The molecule has 1 saturated heterocycles. The number of ether oxygens (including phenoxy) is 2.